The van der Waals surface area contributed by atoms with E-state index in [0.717, 1.165) is 44.7 Å². The van der Waals surface area contributed by atoms with Crippen molar-refractivity contribution in [2.24, 2.45) is 0 Å². The van der Waals surface area contributed by atoms with Gasteiger partial charge in [0.15, 0.2) is 5.78 Å². The molecule has 0 atom stereocenters. The third-order valence-electron chi connectivity index (χ3n) is 5.12. The molecule has 0 saturated heterocycles. The molecule has 0 bridgehead atoms. The molecule has 0 aliphatic heterocycles. The average molecular weight is 350 g/mol. The lowest BCUT2D eigenvalue weighted by atomic mass is 9.83. The Labute approximate surface area is 157 Å². The number of hydrogen-bond donors (Lipinski definition) is 1. The summed E-state index contributed by atoms with van der Waals surface area (Å²) < 4.78 is 0. The van der Waals surface area contributed by atoms with Gasteiger partial charge < -0.3 is 5.32 Å². The van der Waals surface area contributed by atoms with Gasteiger partial charge >= 0.3 is 0 Å². The highest BCUT2D eigenvalue weighted by molar-refractivity contribution is 6.28. The van der Waals surface area contributed by atoms with Crippen LogP contribution in [-0.4, -0.2) is 10.8 Å². The standard InChI is InChI=1S/C24H18N2O/c1-14-7-9-16(10-8-14)26-21-12-11-20-22-19(13-15(2)25-20)17-5-3-4-6-18(17)24(27)23(21)22/h3-13,26H,1-2H3. The molecule has 0 spiro atoms. The first kappa shape index (κ1) is 15.8. The van der Waals surface area contributed by atoms with Crippen molar-refractivity contribution < 1.29 is 4.79 Å². The monoisotopic (exact) mass is 350 g/mol. The molecule has 3 aromatic carbocycles. The number of aryl methyl sites for hydroxylation is 2. The van der Waals surface area contributed by atoms with Crippen molar-refractivity contribution in [2.75, 3.05) is 5.32 Å². The molecule has 1 aliphatic rings. The summed E-state index contributed by atoms with van der Waals surface area (Å²) in [6, 6.07) is 22.0. The molecule has 3 nitrogen and oxygen atoms in total. The Morgan fingerprint density at radius 1 is 0.815 bits per heavy atom. The molecule has 0 amide bonds. The van der Waals surface area contributed by atoms with Crippen molar-refractivity contribution in [3.8, 4) is 11.1 Å². The molecule has 27 heavy (non-hydrogen) atoms. The summed E-state index contributed by atoms with van der Waals surface area (Å²) in [6.45, 7) is 4.05. The van der Waals surface area contributed by atoms with Gasteiger partial charge in [-0.1, -0.05) is 42.0 Å². The summed E-state index contributed by atoms with van der Waals surface area (Å²) in [6.07, 6.45) is 0. The zero-order chi connectivity index (χ0) is 18.5. The van der Waals surface area contributed by atoms with Crippen LogP contribution < -0.4 is 5.32 Å². The molecule has 130 valence electrons. The van der Waals surface area contributed by atoms with Crippen LogP contribution >= 0.6 is 0 Å². The first-order chi connectivity index (χ1) is 13.1. The van der Waals surface area contributed by atoms with Crippen molar-refractivity contribution >= 4 is 28.1 Å². The van der Waals surface area contributed by atoms with Crippen LogP contribution in [0.15, 0.2) is 66.7 Å². The number of aromatic nitrogens is 1. The van der Waals surface area contributed by atoms with Gasteiger partial charge in [-0.25, -0.2) is 0 Å². The van der Waals surface area contributed by atoms with E-state index in [-0.39, 0.29) is 5.78 Å². The number of benzene rings is 3. The van der Waals surface area contributed by atoms with Crippen LogP contribution in [-0.2, 0) is 0 Å². The number of nitrogens with one attached hydrogen (secondary N) is 1. The average Bonchev–Trinajstić information content (AvgIpc) is 2.68. The van der Waals surface area contributed by atoms with Crippen LogP contribution in [0, 0.1) is 13.8 Å². The molecular weight excluding hydrogens is 332 g/mol. The molecule has 5 rings (SSSR count). The number of anilines is 2. The van der Waals surface area contributed by atoms with Gasteiger partial charge in [0.2, 0.25) is 0 Å². The Bertz CT molecular complexity index is 1220. The van der Waals surface area contributed by atoms with Crippen LogP contribution in [0.1, 0.15) is 27.2 Å². The van der Waals surface area contributed by atoms with Crippen LogP contribution in [0.4, 0.5) is 11.4 Å². The van der Waals surface area contributed by atoms with Gasteiger partial charge in [0.1, 0.15) is 0 Å². The van der Waals surface area contributed by atoms with Crippen LogP contribution in [0.3, 0.4) is 0 Å². The summed E-state index contributed by atoms with van der Waals surface area (Å²) in [7, 11) is 0. The van der Waals surface area contributed by atoms with E-state index in [1.54, 1.807) is 0 Å². The molecule has 1 N–H and O–H groups in total. The molecule has 1 aromatic heterocycles. The lowest BCUT2D eigenvalue weighted by Crippen LogP contribution is -2.13. The Balaban J connectivity index is 1.80. The number of nitrogens with zero attached hydrogens (tertiary/aromatic N) is 1. The maximum atomic E-state index is 13.4. The topological polar surface area (TPSA) is 42.0 Å². The van der Waals surface area contributed by atoms with Crippen molar-refractivity contribution in [2.45, 2.75) is 13.8 Å². The number of rotatable bonds is 2. The number of hydrogen-bond acceptors (Lipinski definition) is 3. The van der Waals surface area contributed by atoms with Gasteiger partial charge in [-0.15, -0.1) is 0 Å². The highest BCUT2D eigenvalue weighted by Gasteiger charge is 2.28. The van der Waals surface area contributed by atoms with Gasteiger partial charge in [-0.3, -0.25) is 9.78 Å². The number of carbonyl (C=O) groups excluding carboxylic acids is 1. The third-order valence-corrected chi connectivity index (χ3v) is 5.12. The molecule has 0 radical (unpaired) electrons. The predicted octanol–water partition coefficient (Wildman–Crippen LogP) is 5.81. The minimum absolute atomic E-state index is 0.0453. The molecule has 0 saturated carbocycles. The minimum atomic E-state index is 0.0453. The first-order valence-electron chi connectivity index (χ1n) is 9.04. The maximum Gasteiger partial charge on any atom is 0.196 e. The first-order valence-corrected chi connectivity index (χ1v) is 9.04. The molecule has 0 unspecified atom stereocenters. The van der Waals surface area contributed by atoms with Crippen LogP contribution in [0.5, 0.6) is 0 Å². The molecule has 4 aromatic rings. The fourth-order valence-corrected chi connectivity index (χ4v) is 3.86. The highest BCUT2D eigenvalue weighted by Crippen LogP contribution is 2.42. The van der Waals surface area contributed by atoms with E-state index in [0.29, 0.717) is 5.56 Å². The zero-order valence-electron chi connectivity index (χ0n) is 15.2. The predicted molar refractivity (Wildman–Crippen MR) is 110 cm³/mol. The van der Waals surface area contributed by atoms with Crippen molar-refractivity contribution in [3.05, 3.63) is 89.1 Å². The summed E-state index contributed by atoms with van der Waals surface area (Å²) in [4.78, 5) is 18.0. The summed E-state index contributed by atoms with van der Waals surface area (Å²) in [5, 5.41) is 4.36. The van der Waals surface area contributed by atoms with E-state index in [2.05, 4.69) is 35.4 Å². The fraction of sp³-hybridized carbons (Fsp3) is 0.0833. The minimum Gasteiger partial charge on any atom is -0.355 e. The second-order valence-corrected chi connectivity index (χ2v) is 7.06. The Morgan fingerprint density at radius 3 is 2.33 bits per heavy atom. The van der Waals surface area contributed by atoms with Gasteiger partial charge in [-0.05, 0) is 55.3 Å². The third kappa shape index (κ3) is 2.43. The van der Waals surface area contributed by atoms with E-state index in [4.69, 9.17) is 0 Å². The largest absolute Gasteiger partial charge is 0.355 e. The quantitative estimate of drug-likeness (QED) is 0.437. The van der Waals surface area contributed by atoms with Crippen molar-refractivity contribution in [3.63, 3.8) is 0 Å². The molecule has 1 heterocycles. The highest BCUT2D eigenvalue weighted by atomic mass is 16.1. The zero-order valence-corrected chi connectivity index (χ0v) is 15.2. The van der Waals surface area contributed by atoms with E-state index in [1.165, 1.54) is 5.56 Å². The summed E-state index contributed by atoms with van der Waals surface area (Å²) in [5.74, 6) is 0.0453. The lowest BCUT2D eigenvalue weighted by Gasteiger charge is -2.23. The Hall–Kier alpha value is -3.46. The number of pyridine rings is 1. The van der Waals surface area contributed by atoms with Crippen LogP contribution in [0.2, 0.25) is 0 Å². The maximum absolute atomic E-state index is 13.4. The second-order valence-electron chi connectivity index (χ2n) is 7.06. The van der Waals surface area contributed by atoms with Crippen LogP contribution in [0.25, 0.3) is 22.0 Å². The number of fused-ring (bicyclic) bond motifs is 2. The Kier molecular flexibility index (Phi) is 3.37. The molecular formula is C24H18N2O. The molecule has 1 aliphatic carbocycles. The van der Waals surface area contributed by atoms with E-state index < -0.39 is 0 Å². The molecule has 0 fully saturated rings. The summed E-state index contributed by atoms with van der Waals surface area (Å²) >= 11 is 0. The van der Waals surface area contributed by atoms with E-state index >= 15 is 0 Å². The fourth-order valence-electron chi connectivity index (χ4n) is 3.86. The van der Waals surface area contributed by atoms with Gasteiger partial charge in [0.05, 0.1) is 16.8 Å². The number of ketones is 1. The Morgan fingerprint density at radius 2 is 1.56 bits per heavy atom. The normalized spacial score (nSPS) is 12.1. The van der Waals surface area contributed by atoms with Gasteiger partial charge in [0.25, 0.3) is 0 Å². The van der Waals surface area contributed by atoms with Crippen molar-refractivity contribution in [1.82, 2.24) is 4.98 Å². The molecule has 3 heteroatoms. The van der Waals surface area contributed by atoms with E-state index in [1.807, 2.05) is 55.5 Å². The van der Waals surface area contributed by atoms with Crippen molar-refractivity contribution in [1.29, 1.82) is 0 Å². The van der Waals surface area contributed by atoms with Gasteiger partial charge in [-0.2, -0.15) is 0 Å². The lowest BCUT2D eigenvalue weighted by molar-refractivity contribution is 0.104. The smallest absolute Gasteiger partial charge is 0.196 e. The van der Waals surface area contributed by atoms with Gasteiger partial charge in [0, 0.05) is 22.3 Å². The SMILES string of the molecule is Cc1ccc(Nc2ccc3nc(C)cc4c3c2C(=O)c2ccccc2-4)cc1. The van der Waals surface area contributed by atoms with E-state index in [9.17, 15) is 4.79 Å². The second kappa shape index (κ2) is 5.78. The number of carbonyl (C=O) groups is 1. The summed E-state index contributed by atoms with van der Waals surface area (Å²) in [5.41, 5.74) is 8.30.